The molecular weight excluding hydrogens is 801 g/mol. The molecule has 1 aromatic carbocycles. The lowest BCUT2D eigenvalue weighted by Crippen LogP contribution is -2.40. The summed E-state index contributed by atoms with van der Waals surface area (Å²) in [7, 11) is 1.82. The van der Waals surface area contributed by atoms with Crippen LogP contribution in [-0.4, -0.2) is 114 Å². The summed E-state index contributed by atoms with van der Waals surface area (Å²) in [6, 6.07) is 7.85. The Kier molecular flexibility index (Phi) is 10.9. The van der Waals surface area contributed by atoms with E-state index in [0.717, 1.165) is 99.1 Å². The molecule has 62 heavy (non-hydrogen) atoms. The third kappa shape index (κ3) is 7.93. The molecule has 4 aromatic heterocycles. The second-order valence-corrected chi connectivity index (χ2v) is 17.3. The van der Waals surface area contributed by atoms with Crippen LogP contribution in [0.3, 0.4) is 0 Å². The molecule has 5 aliphatic rings. The maximum absolute atomic E-state index is 14.3. The lowest BCUT2D eigenvalue weighted by Gasteiger charge is -2.36. The maximum atomic E-state index is 14.3. The third-order valence-corrected chi connectivity index (χ3v) is 13.3. The van der Waals surface area contributed by atoms with E-state index in [0.29, 0.717) is 37.6 Å². The Bertz CT molecular complexity index is 2580. The minimum absolute atomic E-state index is 0.00103. The van der Waals surface area contributed by atoms with E-state index >= 15 is 0 Å². The van der Waals surface area contributed by atoms with Crippen LogP contribution in [0, 0.1) is 17.8 Å². The van der Waals surface area contributed by atoms with Crippen molar-refractivity contribution in [2.45, 2.75) is 94.4 Å². The number of hydrogen-bond acceptors (Lipinski definition) is 11. The largest absolute Gasteiger partial charge is 0.374 e. The SMILES string of the molecule is Cn1nc2c(C#CCOC3CCN(CC4CCC(n5cc(NC(=O)c6cnn7ccc(N8C[C@H]9C[C@@H]8CO9)nc67)c(C(F)F)n5)CC4)CC3)cccc2c1C1CCC(=O)NC1=O. The van der Waals surface area contributed by atoms with Crippen LogP contribution in [0.25, 0.3) is 16.6 Å². The number of nitrogens with one attached hydrogen (secondary N) is 2. The van der Waals surface area contributed by atoms with E-state index in [-0.39, 0.29) is 47.4 Å². The second kappa shape index (κ2) is 16.8. The minimum Gasteiger partial charge on any atom is -0.374 e. The predicted octanol–water partition coefficient (Wildman–Crippen LogP) is 4.76. The quantitative estimate of drug-likeness (QED) is 0.147. The number of morpholine rings is 1. The molecule has 10 rings (SSSR count). The Morgan fingerprint density at radius 2 is 1.90 bits per heavy atom. The van der Waals surface area contributed by atoms with Crippen LogP contribution in [0.1, 0.15) is 103 Å². The van der Waals surface area contributed by atoms with Crippen molar-refractivity contribution in [2.24, 2.45) is 13.0 Å². The van der Waals surface area contributed by atoms with E-state index < -0.39 is 23.9 Å². The van der Waals surface area contributed by atoms with E-state index in [4.69, 9.17) is 14.5 Å². The van der Waals surface area contributed by atoms with Gasteiger partial charge in [0.15, 0.2) is 11.3 Å². The first-order valence-corrected chi connectivity index (χ1v) is 21.7. The number of benzene rings is 1. The van der Waals surface area contributed by atoms with Gasteiger partial charge in [-0.1, -0.05) is 24.0 Å². The molecule has 2 N–H and O–H groups in total. The molecule has 0 spiro atoms. The summed E-state index contributed by atoms with van der Waals surface area (Å²) in [5.74, 6) is 6.09. The van der Waals surface area contributed by atoms with Gasteiger partial charge in [0.1, 0.15) is 23.5 Å². The summed E-state index contributed by atoms with van der Waals surface area (Å²) in [5.41, 5.74) is 2.40. The molecule has 2 bridgehead atoms. The number of halogens is 2. The number of carbonyl (C=O) groups is 3. The van der Waals surface area contributed by atoms with Crippen LogP contribution in [0.15, 0.2) is 42.9 Å². The standard InChI is InChI=1S/C44H49F2N11O5/c1-53-40(33-11-12-37(58)50-43(33)59)32-6-2-4-27(38(32)51-53)5-3-19-61-30-13-16-54(17-14-30)22-26-7-9-28(10-8-26)57-24-35(39(52-57)41(45)46)48-44(60)34-21-47-56-18-15-36(49-42(34)56)55-23-31-20-29(55)25-62-31/h2,4,6,15,18,21,24,26,28-31,33,41H,7-14,16-17,19-20,22-23,25H2,1H3,(H,48,60)(H,50,58,59)/t26?,28?,29-,31-,33?/m1/s1. The smallest absolute Gasteiger partial charge is 0.284 e. The predicted molar refractivity (Wildman–Crippen MR) is 223 cm³/mol. The fourth-order valence-corrected chi connectivity index (χ4v) is 10.1. The average Bonchev–Trinajstić information content (AvgIpc) is 4.12. The van der Waals surface area contributed by atoms with Gasteiger partial charge in [0, 0.05) is 57.4 Å². The Morgan fingerprint density at radius 3 is 2.66 bits per heavy atom. The first-order chi connectivity index (χ1) is 30.1. The Labute approximate surface area is 356 Å². The van der Waals surface area contributed by atoms with Gasteiger partial charge in [-0.15, -0.1) is 0 Å². The van der Waals surface area contributed by atoms with Crippen LogP contribution in [-0.2, 0) is 26.1 Å². The summed E-state index contributed by atoms with van der Waals surface area (Å²) in [6.45, 7) is 4.55. The molecule has 0 radical (unpaired) electrons. The second-order valence-electron chi connectivity index (χ2n) is 17.3. The number of aryl methyl sites for hydroxylation is 1. The number of alkyl halides is 2. The molecule has 1 unspecified atom stereocenters. The average molecular weight is 850 g/mol. The van der Waals surface area contributed by atoms with Gasteiger partial charge in [0.25, 0.3) is 12.3 Å². The number of anilines is 2. The zero-order valence-electron chi connectivity index (χ0n) is 34.5. The Morgan fingerprint density at radius 1 is 1.06 bits per heavy atom. The maximum Gasteiger partial charge on any atom is 0.284 e. The van der Waals surface area contributed by atoms with Gasteiger partial charge in [-0.3, -0.25) is 29.1 Å². The third-order valence-electron chi connectivity index (χ3n) is 13.3. The van der Waals surface area contributed by atoms with Crippen LogP contribution in [0.2, 0.25) is 0 Å². The van der Waals surface area contributed by atoms with Gasteiger partial charge in [-0.2, -0.15) is 15.3 Å². The first kappa shape index (κ1) is 40.3. The van der Waals surface area contributed by atoms with Gasteiger partial charge >= 0.3 is 0 Å². The molecule has 3 atom stereocenters. The van der Waals surface area contributed by atoms with E-state index in [1.807, 2.05) is 31.3 Å². The monoisotopic (exact) mass is 849 g/mol. The molecule has 1 saturated carbocycles. The van der Waals surface area contributed by atoms with E-state index in [9.17, 15) is 23.2 Å². The van der Waals surface area contributed by atoms with Gasteiger partial charge in [-0.05, 0) is 69.4 Å². The number of piperidine rings is 2. The fourth-order valence-electron chi connectivity index (χ4n) is 10.1. The molecular formula is C44H49F2N11O5. The molecule has 5 aromatic rings. The molecule has 4 saturated heterocycles. The number of carbonyl (C=O) groups excluding carboxylic acids is 3. The molecule has 18 heteroatoms. The first-order valence-electron chi connectivity index (χ1n) is 21.7. The summed E-state index contributed by atoms with van der Waals surface area (Å²) < 4.78 is 45.3. The van der Waals surface area contributed by atoms with Crippen molar-refractivity contribution in [3.8, 4) is 11.8 Å². The number of ether oxygens (including phenoxy) is 2. The van der Waals surface area contributed by atoms with Crippen molar-refractivity contribution < 1.29 is 32.6 Å². The highest BCUT2D eigenvalue weighted by molar-refractivity contribution is 6.08. The summed E-state index contributed by atoms with van der Waals surface area (Å²) in [4.78, 5) is 47.3. The van der Waals surface area contributed by atoms with E-state index in [2.05, 4.69) is 47.6 Å². The topological polar surface area (TPSA) is 166 Å². The number of likely N-dealkylation sites (tertiary alicyclic amines) is 1. The molecule has 16 nitrogen and oxygen atoms in total. The number of aromatic nitrogens is 7. The normalized spacial score (nSPS) is 24.6. The van der Waals surface area contributed by atoms with Crippen molar-refractivity contribution >= 4 is 45.8 Å². The lowest BCUT2D eigenvalue weighted by atomic mass is 9.85. The number of amides is 3. The highest BCUT2D eigenvalue weighted by Gasteiger charge is 2.40. The highest BCUT2D eigenvalue weighted by atomic mass is 19.3. The van der Waals surface area contributed by atoms with E-state index in [1.54, 1.807) is 21.8 Å². The zero-order chi connectivity index (χ0) is 42.5. The number of fused-ring (bicyclic) bond motifs is 4. The molecule has 4 aliphatic heterocycles. The van der Waals surface area contributed by atoms with Gasteiger partial charge in [0.2, 0.25) is 11.8 Å². The van der Waals surface area contributed by atoms with Crippen molar-refractivity contribution in [2.75, 3.05) is 49.6 Å². The van der Waals surface area contributed by atoms with Crippen LogP contribution < -0.4 is 15.5 Å². The minimum atomic E-state index is -2.85. The number of hydrogen-bond donors (Lipinski definition) is 2. The van der Waals surface area contributed by atoms with Gasteiger partial charge in [0.05, 0.1) is 60.0 Å². The van der Waals surface area contributed by atoms with Crippen molar-refractivity contribution in [1.29, 1.82) is 0 Å². The zero-order valence-corrected chi connectivity index (χ0v) is 34.5. The van der Waals surface area contributed by atoms with Crippen LogP contribution in [0.5, 0.6) is 0 Å². The molecule has 1 aliphatic carbocycles. The van der Waals surface area contributed by atoms with Crippen molar-refractivity contribution in [3.63, 3.8) is 0 Å². The summed E-state index contributed by atoms with van der Waals surface area (Å²) in [5, 5.41) is 19.3. The lowest BCUT2D eigenvalue weighted by molar-refractivity contribution is -0.134. The van der Waals surface area contributed by atoms with Gasteiger partial charge in [-0.25, -0.2) is 18.3 Å². The Balaban J connectivity index is 0.694. The van der Waals surface area contributed by atoms with E-state index in [1.165, 1.54) is 10.7 Å². The highest BCUT2D eigenvalue weighted by Crippen LogP contribution is 2.37. The van der Waals surface area contributed by atoms with Crippen LogP contribution in [0.4, 0.5) is 20.3 Å². The number of rotatable bonds is 10. The summed E-state index contributed by atoms with van der Waals surface area (Å²) >= 11 is 0. The van der Waals surface area contributed by atoms with Crippen LogP contribution >= 0.6 is 0 Å². The number of nitrogens with zero attached hydrogens (tertiary/aromatic N) is 9. The number of imide groups is 1. The molecule has 324 valence electrons. The molecule has 5 fully saturated rings. The molecule has 3 amide bonds. The summed E-state index contributed by atoms with van der Waals surface area (Å²) in [6.07, 6.45) is 9.26. The van der Waals surface area contributed by atoms with Crippen molar-refractivity contribution in [3.05, 3.63) is 65.4 Å². The van der Waals surface area contributed by atoms with Gasteiger partial charge < -0.3 is 24.6 Å². The Hall–Kier alpha value is -5.77. The van der Waals surface area contributed by atoms with Crippen molar-refractivity contribution in [1.82, 2.24) is 44.4 Å². The fraction of sp³-hybridized carbons (Fsp3) is 0.523. The molecule has 8 heterocycles.